The highest BCUT2D eigenvalue weighted by Crippen LogP contribution is 2.24. The number of carbonyl (C=O) groups excluding carboxylic acids is 1. The van der Waals surface area contributed by atoms with Gasteiger partial charge in [-0.25, -0.2) is 4.98 Å². The molecule has 0 radical (unpaired) electrons. The highest BCUT2D eigenvalue weighted by Gasteiger charge is 2.12. The first kappa shape index (κ1) is 19.2. The predicted molar refractivity (Wildman–Crippen MR) is 116 cm³/mol. The monoisotopic (exact) mass is 422 g/mol. The number of H-pyrrole nitrogens is 1. The Morgan fingerprint density at radius 2 is 2.14 bits per heavy atom. The molecule has 0 aliphatic rings. The van der Waals surface area contributed by atoms with Gasteiger partial charge < -0.3 is 5.32 Å². The van der Waals surface area contributed by atoms with Gasteiger partial charge in [0.15, 0.2) is 15.7 Å². The van der Waals surface area contributed by atoms with Gasteiger partial charge in [0.2, 0.25) is 5.91 Å². The minimum atomic E-state index is -0.129. The molecule has 0 atom stereocenters. The van der Waals surface area contributed by atoms with E-state index in [9.17, 15) is 4.79 Å². The van der Waals surface area contributed by atoms with Crippen molar-refractivity contribution in [3.8, 4) is 22.6 Å². The molecule has 0 aliphatic carbocycles. The zero-order valence-electron chi connectivity index (χ0n) is 15.6. The number of aromatic amines is 1. The number of hydrogen-bond donors (Lipinski definition) is 2. The fourth-order valence-corrected chi connectivity index (χ4v) is 3.86. The number of amides is 1. The van der Waals surface area contributed by atoms with Crippen LogP contribution in [-0.2, 0) is 11.3 Å². The van der Waals surface area contributed by atoms with Crippen LogP contribution >= 0.6 is 23.6 Å². The minimum absolute atomic E-state index is 0.129. The maximum Gasteiger partial charge on any atom is 0.227 e. The van der Waals surface area contributed by atoms with Crippen molar-refractivity contribution in [2.24, 2.45) is 0 Å². The summed E-state index contributed by atoms with van der Waals surface area (Å²) in [6.07, 6.45) is 3.72. The maximum atomic E-state index is 12.4. The largest absolute Gasteiger partial charge is 0.302 e. The lowest BCUT2D eigenvalue weighted by molar-refractivity contribution is -0.116. The van der Waals surface area contributed by atoms with Gasteiger partial charge in [0.25, 0.3) is 0 Å². The van der Waals surface area contributed by atoms with Gasteiger partial charge in [-0.15, -0.1) is 11.3 Å². The number of carbonyl (C=O) groups is 1. The van der Waals surface area contributed by atoms with Crippen molar-refractivity contribution in [1.29, 1.82) is 0 Å². The van der Waals surface area contributed by atoms with E-state index in [4.69, 9.17) is 12.2 Å². The number of pyridine rings is 1. The van der Waals surface area contributed by atoms with Crippen molar-refractivity contribution >= 4 is 34.6 Å². The fourth-order valence-electron chi connectivity index (χ4n) is 2.90. The number of anilines is 1. The summed E-state index contributed by atoms with van der Waals surface area (Å²) in [7, 11) is 0. The Bertz CT molecular complexity index is 1190. The predicted octanol–water partition coefficient (Wildman–Crippen LogP) is 4.46. The molecule has 0 saturated heterocycles. The molecule has 0 spiro atoms. The smallest absolute Gasteiger partial charge is 0.227 e. The van der Waals surface area contributed by atoms with Crippen LogP contribution in [0.4, 0.5) is 5.13 Å². The van der Waals surface area contributed by atoms with Crippen LogP contribution in [0.3, 0.4) is 0 Å². The number of aromatic nitrogens is 5. The Kier molecular flexibility index (Phi) is 5.59. The molecule has 3 aromatic heterocycles. The number of nitrogens with one attached hydrogen (secondary N) is 2. The van der Waals surface area contributed by atoms with Crippen LogP contribution < -0.4 is 5.32 Å². The van der Waals surface area contributed by atoms with Crippen molar-refractivity contribution in [1.82, 2.24) is 24.7 Å². The molecule has 0 bridgehead atoms. The summed E-state index contributed by atoms with van der Waals surface area (Å²) in [5.74, 6) is 0.593. The molecule has 0 fully saturated rings. The summed E-state index contributed by atoms with van der Waals surface area (Å²) in [5, 5.41) is 12.5. The normalized spacial score (nSPS) is 10.8. The van der Waals surface area contributed by atoms with Crippen LogP contribution in [-0.4, -0.2) is 30.6 Å². The van der Waals surface area contributed by atoms with E-state index in [1.165, 1.54) is 11.3 Å². The Morgan fingerprint density at radius 3 is 2.93 bits per heavy atom. The molecule has 1 aromatic carbocycles. The van der Waals surface area contributed by atoms with Crippen LogP contribution in [0.25, 0.3) is 22.6 Å². The van der Waals surface area contributed by atoms with Crippen molar-refractivity contribution in [3.05, 3.63) is 64.5 Å². The van der Waals surface area contributed by atoms with Crippen molar-refractivity contribution in [2.75, 3.05) is 5.32 Å². The Labute approximate surface area is 176 Å². The molecule has 3 heterocycles. The summed E-state index contributed by atoms with van der Waals surface area (Å²) in [6, 6.07) is 11.8. The number of rotatable bonds is 6. The fraction of sp³-hybridized carbons (Fsp3) is 0.150. The van der Waals surface area contributed by atoms with E-state index in [0.717, 1.165) is 28.2 Å². The van der Waals surface area contributed by atoms with Crippen LogP contribution in [0.1, 0.15) is 12.0 Å². The molecule has 0 saturated carbocycles. The second-order valence-corrected chi connectivity index (χ2v) is 7.70. The number of nitrogens with zero attached hydrogens (tertiary/aromatic N) is 4. The van der Waals surface area contributed by atoms with Crippen LogP contribution in [0, 0.1) is 11.7 Å². The lowest BCUT2D eigenvalue weighted by Crippen LogP contribution is -2.15. The van der Waals surface area contributed by atoms with Crippen LogP contribution in [0.2, 0.25) is 0 Å². The molecule has 2 N–H and O–H groups in total. The lowest BCUT2D eigenvalue weighted by Gasteiger charge is -2.07. The first-order chi connectivity index (χ1) is 14.1. The summed E-state index contributed by atoms with van der Waals surface area (Å²) in [5.41, 5.74) is 3.79. The van der Waals surface area contributed by atoms with Gasteiger partial charge in [0.05, 0.1) is 5.69 Å². The molecule has 4 aromatic rings. The summed E-state index contributed by atoms with van der Waals surface area (Å²) >= 11 is 6.73. The van der Waals surface area contributed by atoms with Crippen molar-refractivity contribution in [3.63, 3.8) is 0 Å². The van der Waals surface area contributed by atoms with E-state index in [-0.39, 0.29) is 12.3 Å². The third-order valence-electron chi connectivity index (χ3n) is 4.30. The topological polar surface area (TPSA) is 88.5 Å². The average Bonchev–Trinajstić information content (AvgIpc) is 3.34. The summed E-state index contributed by atoms with van der Waals surface area (Å²) in [6.45, 7) is 2.45. The van der Waals surface area contributed by atoms with E-state index in [0.29, 0.717) is 16.4 Å². The van der Waals surface area contributed by atoms with Gasteiger partial charge in [-0.1, -0.05) is 23.8 Å². The number of benzene rings is 1. The number of aryl methyl sites for hydroxylation is 1. The molecule has 146 valence electrons. The van der Waals surface area contributed by atoms with Crippen LogP contribution in [0.5, 0.6) is 0 Å². The van der Waals surface area contributed by atoms with Gasteiger partial charge in [0.1, 0.15) is 0 Å². The third-order valence-corrected chi connectivity index (χ3v) is 5.37. The molecule has 4 rings (SSSR count). The van der Waals surface area contributed by atoms with E-state index < -0.39 is 0 Å². The highest BCUT2D eigenvalue weighted by molar-refractivity contribution is 7.71. The first-order valence-corrected chi connectivity index (χ1v) is 10.3. The van der Waals surface area contributed by atoms with E-state index in [1.807, 2.05) is 53.3 Å². The standard InChI is InChI=1S/C20H18N6OS2/c1-13-4-2-5-14(10-13)18-24-25-20(28)26(18)9-7-17(27)23-19-22-16(12-29-19)15-6-3-8-21-11-15/h2-6,8,10-12H,7,9H2,1H3,(H,25,28)(H,22,23,27). The second kappa shape index (κ2) is 8.46. The highest BCUT2D eigenvalue weighted by atomic mass is 32.1. The second-order valence-electron chi connectivity index (χ2n) is 6.45. The molecule has 0 unspecified atom stereocenters. The Balaban J connectivity index is 1.43. The number of thiazole rings is 1. The molecule has 1 amide bonds. The Hall–Kier alpha value is -3.17. The van der Waals surface area contributed by atoms with Crippen molar-refractivity contribution in [2.45, 2.75) is 19.9 Å². The maximum absolute atomic E-state index is 12.4. The quantitative estimate of drug-likeness (QED) is 0.448. The van der Waals surface area contributed by atoms with Gasteiger partial charge in [-0.3, -0.25) is 19.4 Å². The SMILES string of the molecule is Cc1cccc(-c2n[nH]c(=S)n2CCC(=O)Nc2nc(-c3cccnc3)cs2)c1. The van der Waals surface area contributed by atoms with Crippen LogP contribution in [0.15, 0.2) is 54.2 Å². The molecule has 0 aliphatic heterocycles. The van der Waals surface area contributed by atoms with Gasteiger partial charge in [0, 0.05) is 41.9 Å². The zero-order valence-corrected chi connectivity index (χ0v) is 17.3. The van der Waals surface area contributed by atoms with Gasteiger partial charge in [-0.2, -0.15) is 5.10 Å². The molecular weight excluding hydrogens is 404 g/mol. The third kappa shape index (κ3) is 4.47. The molecular formula is C20H18N6OS2. The van der Waals surface area contributed by atoms with E-state index in [2.05, 4.69) is 25.5 Å². The molecule has 29 heavy (non-hydrogen) atoms. The zero-order chi connectivity index (χ0) is 20.2. The molecule has 7 nitrogen and oxygen atoms in total. The number of hydrogen-bond acceptors (Lipinski definition) is 6. The molecule has 9 heteroatoms. The first-order valence-electron chi connectivity index (χ1n) is 8.98. The van der Waals surface area contributed by atoms with E-state index >= 15 is 0 Å². The van der Waals surface area contributed by atoms with Gasteiger partial charge >= 0.3 is 0 Å². The summed E-state index contributed by atoms with van der Waals surface area (Å²) in [4.78, 5) is 21.0. The summed E-state index contributed by atoms with van der Waals surface area (Å²) < 4.78 is 2.33. The van der Waals surface area contributed by atoms with Gasteiger partial charge in [-0.05, 0) is 37.3 Å². The lowest BCUT2D eigenvalue weighted by atomic mass is 10.1. The Morgan fingerprint density at radius 1 is 1.28 bits per heavy atom. The van der Waals surface area contributed by atoms with E-state index in [1.54, 1.807) is 12.4 Å². The van der Waals surface area contributed by atoms with Crippen molar-refractivity contribution < 1.29 is 4.79 Å². The minimum Gasteiger partial charge on any atom is -0.302 e. The average molecular weight is 423 g/mol.